The van der Waals surface area contributed by atoms with Crippen LogP contribution in [-0.4, -0.2) is 37.5 Å². The average molecular weight is 215 g/mol. The molecular formula is C8H13N3O2S. The van der Waals surface area contributed by atoms with Gasteiger partial charge in [-0.05, 0) is 0 Å². The number of nitrogens with zero attached hydrogens (tertiary/aromatic N) is 1. The molecule has 6 heteroatoms. The number of rotatable bonds is 3. The first-order chi connectivity index (χ1) is 6.84. The van der Waals surface area contributed by atoms with Gasteiger partial charge in [0.15, 0.2) is 5.13 Å². The van der Waals surface area contributed by atoms with Gasteiger partial charge in [0, 0.05) is 6.54 Å². The van der Waals surface area contributed by atoms with Crippen molar-refractivity contribution in [3.05, 3.63) is 6.20 Å². The molecule has 1 unspecified atom stereocenters. The third kappa shape index (κ3) is 2.57. The minimum Gasteiger partial charge on any atom is -0.389 e. The van der Waals surface area contributed by atoms with Gasteiger partial charge in [0.25, 0.3) is 0 Å². The number of nitrogens with two attached hydrogens (primary N) is 1. The highest BCUT2D eigenvalue weighted by atomic mass is 32.1. The van der Waals surface area contributed by atoms with Crippen molar-refractivity contribution in [1.29, 1.82) is 0 Å². The molecule has 1 atom stereocenters. The zero-order valence-electron chi connectivity index (χ0n) is 7.73. The maximum atomic E-state index is 5.55. The second kappa shape index (κ2) is 4.59. The highest BCUT2D eigenvalue weighted by molar-refractivity contribution is 7.19. The van der Waals surface area contributed by atoms with Gasteiger partial charge in [0.05, 0.1) is 32.1 Å². The molecule has 1 aliphatic heterocycles. The molecule has 1 fully saturated rings. The fourth-order valence-corrected chi connectivity index (χ4v) is 1.81. The van der Waals surface area contributed by atoms with Gasteiger partial charge in [-0.3, -0.25) is 0 Å². The Morgan fingerprint density at radius 2 is 2.57 bits per heavy atom. The number of nitrogen functional groups attached to an aromatic ring is 1. The van der Waals surface area contributed by atoms with Crippen LogP contribution in [0.2, 0.25) is 0 Å². The van der Waals surface area contributed by atoms with Crippen molar-refractivity contribution in [2.24, 2.45) is 0 Å². The molecule has 1 aromatic rings. The Hall–Kier alpha value is -0.850. The van der Waals surface area contributed by atoms with Crippen LogP contribution >= 0.6 is 11.3 Å². The van der Waals surface area contributed by atoms with Crippen molar-refractivity contribution < 1.29 is 9.47 Å². The normalized spacial score (nSPS) is 22.1. The molecule has 0 aliphatic carbocycles. The van der Waals surface area contributed by atoms with E-state index in [9.17, 15) is 0 Å². The van der Waals surface area contributed by atoms with Crippen LogP contribution in [0, 0.1) is 0 Å². The average Bonchev–Trinajstić information content (AvgIpc) is 2.63. The van der Waals surface area contributed by atoms with E-state index in [0.717, 1.165) is 5.13 Å². The van der Waals surface area contributed by atoms with Crippen LogP contribution in [0.15, 0.2) is 6.20 Å². The molecule has 1 aliphatic rings. The van der Waals surface area contributed by atoms with E-state index >= 15 is 0 Å². The lowest BCUT2D eigenvalue weighted by Crippen LogP contribution is -2.34. The highest BCUT2D eigenvalue weighted by Crippen LogP contribution is 2.19. The third-order valence-electron chi connectivity index (χ3n) is 1.89. The summed E-state index contributed by atoms with van der Waals surface area (Å²) >= 11 is 1.44. The Balaban J connectivity index is 1.76. The van der Waals surface area contributed by atoms with E-state index in [2.05, 4.69) is 10.3 Å². The smallest absolute Gasteiger partial charge is 0.184 e. The maximum absolute atomic E-state index is 5.55. The lowest BCUT2D eigenvalue weighted by molar-refractivity contribution is -0.0818. The summed E-state index contributed by atoms with van der Waals surface area (Å²) < 4.78 is 10.7. The first-order valence-electron chi connectivity index (χ1n) is 4.49. The number of anilines is 2. The largest absolute Gasteiger partial charge is 0.389 e. The van der Waals surface area contributed by atoms with Gasteiger partial charge in [0.2, 0.25) is 0 Å². The molecule has 0 radical (unpaired) electrons. The zero-order chi connectivity index (χ0) is 9.80. The standard InChI is InChI=1S/C8H13N3O2S/c9-7-4-11-8(14-7)10-3-6-5-12-1-2-13-6/h4,6H,1-3,5,9H2,(H,10,11). The Kier molecular flexibility index (Phi) is 3.18. The monoisotopic (exact) mass is 215 g/mol. The van der Waals surface area contributed by atoms with Crippen LogP contribution in [0.5, 0.6) is 0 Å². The lowest BCUT2D eigenvalue weighted by Gasteiger charge is -2.22. The first kappa shape index (κ1) is 9.70. The predicted octanol–water partition coefficient (Wildman–Crippen LogP) is 0.553. The fourth-order valence-electron chi connectivity index (χ4n) is 1.22. The number of nitrogens with one attached hydrogen (secondary N) is 1. The van der Waals surface area contributed by atoms with Crippen molar-refractivity contribution >= 4 is 21.5 Å². The van der Waals surface area contributed by atoms with Crippen LogP contribution in [-0.2, 0) is 9.47 Å². The number of ether oxygens (including phenoxy) is 2. The van der Waals surface area contributed by atoms with Crippen molar-refractivity contribution in [1.82, 2.24) is 4.98 Å². The number of aromatic nitrogens is 1. The van der Waals surface area contributed by atoms with E-state index < -0.39 is 0 Å². The van der Waals surface area contributed by atoms with E-state index in [-0.39, 0.29) is 6.10 Å². The molecule has 0 spiro atoms. The summed E-state index contributed by atoms with van der Waals surface area (Å²) in [7, 11) is 0. The summed E-state index contributed by atoms with van der Waals surface area (Å²) in [4.78, 5) is 4.09. The molecule has 3 N–H and O–H groups in total. The van der Waals surface area contributed by atoms with Crippen molar-refractivity contribution in [3.63, 3.8) is 0 Å². The molecule has 0 bridgehead atoms. The minimum absolute atomic E-state index is 0.119. The first-order valence-corrected chi connectivity index (χ1v) is 5.31. The lowest BCUT2D eigenvalue weighted by atomic mass is 10.3. The number of thiazole rings is 1. The molecule has 1 aromatic heterocycles. The van der Waals surface area contributed by atoms with E-state index in [1.807, 2.05) is 0 Å². The Morgan fingerprint density at radius 3 is 3.21 bits per heavy atom. The van der Waals surface area contributed by atoms with Gasteiger partial charge in [0.1, 0.15) is 5.00 Å². The van der Waals surface area contributed by atoms with Crippen LogP contribution in [0.25, 0.3) is 0 Å². The summed E-state index contributed by atoms with van der Waals surface area (Å²) in [5, 5.41) is 4.70. The van der Waals surface area contributed by atoms with Crippen LogP contribution in [0.4, 0.5) is 10.1 Å². The zero-order valence-corrected chi connectivity index (χ0v) is 8.55. The molecule has 2 rings (SSSR count). The molecular weight excluding hydrogens is 202 g/mol. The van der Waals surface area contributed by atoms with E-state index in [1.165, 1.54) is 11.3 Å². The van der Waals surface area contributed by atoms with Crippen molar-refractivity contribution in [3.8, 4) is 0 Å². The molecule has 1 saturated heterocycles. The second-order valence-electron chi connectivity index (χ2n) is 3.02. The molecule has 0 saturated carbocycles. The van der Waals surface area contributed by atoms with Gasteiger partial charge in [-0.25, -0.2) is 4.98 Å². The van der Waals surface area contributed by atoms with Gasteiger partial charge in [-0.2, -0.15) is 0 Å². The Bertz CT molecular complexity index is 286. The number of hydrogen-bond acceptors (Lipinski definition) is 6. The summed E-state index contributed by atoms with van der Waals surface area (Å²) in [6.07, 6.45) is 1.76. The van der Waals surface area contributed by atoms with Gasteiger partial charge in [-0.1, -0.05) is 11.3 Å². The second-order valence-corrected chi connectivity index (χ2v) is 4.08. The SMILES string of the molecule is Nc1cnc(NCC2COCCO2)s1. The Morgan fingerprint density at radius 1 is 1.64 bits per heavy atom. The molecule has 0 amide bonds. The Labute approximate surface area is 86.2 Å². The molecule has 0 aromatic carbocycles. The topological polar surface area (TPSA) is 69.4 Å². The van der Waals surface area contributed by atoms with E-state index in [1.54, 1.807) is 6.20 Å². The van der Waals surface area contributed by atoms with E-state index in [0.29, 0.717) is 31.4 Å². The fraction of sp³-hybridized carbons (Fsp3) is 0.625. The minimum atomic E-state index is 0.119. The van der Waals surface area contributed by atoms with Gasteiger partial charge < -0.3 is 20.5 Å². The maximum Gasteiger partial charge on any atom is 0.184 e. The quantitative estimate of drug-likeness (QED) is 0.770. The highest BCUT2D eigenvalue weighted by Gasteiger charge is 2.14. The van der Waals surface area contributed by atoms with Crippen molar-refractivity contribution in [2.45, 2.75) is 6.10 Å². The van der Waals surface area contributed by atoms with Crippen LogP contribution in [0.3, 0.4) is 0 Å². The summed E-state index contributed by atoms with van der Waals surface area (Å²) in [5.41, 5.74) is 5.55. The molecule has 78 valence electrons. The summed E-state index contributed by atoms with van der Waals surface area (Å²) in [6, 6.07) is 0. The molecule has 2 heterocycles. The van der Waals surface area contributed by atoms with Crippen LogP contribution < -0.4 is 11.1 Å². The molecule has 14 heavy (non-hydrogen) atoms. The molecule has 5 nitrogen and oxygen atoms in total. The van der Waals surface area contributed by atoms with Crippen molar-refractivity contribution in [2.75, 3.05) is 37.4 Å². The third-order valence-corrected chi connectivity index (χ3v) is 2.67. The summed E-state index contributed by atoms with van der Waals surface area (Å²) in [5.74, 6) is 0. The number of hydrogen-bond donors (Lipinski definition) is 2. The summed E-state index contributed by atoms with van der Waals surface area (Å²) in [6.45, 7) is 2.73. The predicted molar refractivity (Wildman–Crippen MR) is 55.6 cm³/mol. The van der Waals surface area contributed by atoms with Crippen LogP contribution in [0.1, 0.15) is 0 Å². The van der Waals surface area contributed by atoms with E-state index in [4.69, 9.17) is 15.2 Å². The van der Waals surface area contributed by atoms with Gasteiger partial charge >= 0.3 is 0 Å². The van der Waals surface area contributed by atoms with Gasteiger partial charge in [-0.15, -0.1) is 0 Å².